The molecule has 4 nitrogen and oxygen atoms in total. The molecule has 0 saturated carbocycles. The van der Waals surface area contributed by atoms with Gasteiger partial charge < -0.3 is 10.4 Å². The number of carboxylic acid groups (broad SMARTS) is 1. The molecule has 3 aromatic rings. The molecule has 2 N–H and O–H groups in total. The van der Waals surface area contributed by atoms with E-state index in [2.05, 4.69) is 11.4 Å². The Kier molecular flexibility index (Phi) is 4.95. The van der Waals surface area contributed by atoms with Crippen LogP contribution < -0.4 is 5.32 Å². The number of hydrogen-bond donors (Lipinski definition) is 2. The van der Waals surface area contributed by atoms with Crippen LogP contribution in [0.15, 0.2) is 66.7 Å². The van der Waals surface area contributed by atoms with Crippen molar-refractivity contribution in [3.05, 3.63) is 89.2 Å². The van der Waals surface area contributed by atoms with Crippen LogP contribution in [0.2, 0.25) is 0 Å². The molecule has 0 saturated heterocycles. The minimum absolute atomic E-state index is 0.0938. The van der Waals surface area contributed by atoms with Crippen molar-refractivity contribution < 1.29 is 14.3 Å². The van der Waals surface area contributed by atoms with E-state index in [-0.39, 0.29) is 5.56 Å². The molecular formula is C21H15FN2O2. The fourth-order valence-corrected chi connectivity index (χ4v) is 2.57. The fraction of sp³-hybridized carbons (Fsp3) is 0.0476. The summed E-state index contributed by atoms with van der Waals surface area (Å²) in [6.45, 7) is 0.441. The van der Waals surface area contributed by atoms with Crippen molar-refractivity contribution in [2.24, 2.45) is 0 Å². The number of nitrogens with one attached hydrogen (secondary N) is 1. The third-order valence-electron chi connectivity index (χ3n) is 3.94. The average Bonchev–Trinajstić information content (AvgIpc) is 2.66. The Morgan fingerprint density at radius 3 is 2.19 bits per heavy atom. The Balaban J connectivity index is 1.70. The number of hydrogen-bond acceptors (Lipinski definition) is 3. The normalized spacial score (nSPS) is 10.2. The van der Waals surface area contributed by atoms with Gasteiger partial charge in [0.2, 0.25) is 0 Å². The third kappa shape index (κ3) is 4.05. The lowest BCUT2D eigenvalue weighted by Crippen LogP contribution is -2.03. The number of carbonyl (C=O) groups is 1. The van der Waals surface area contributed by atoms with Crippen molar-refractivity contribution in [1.29, 1.82) is 5.26 Å². The second kappa shape index (κ2) is 7.49. The van der Waals surface area contributed by atoms with Crippen LogP contribution in [0.1, 0.15) is 21.5 Å². The summed E-state index contributed by atoms with van der Waals surface area (Å²) >= 11 is 0. The molecule has 128 valence electrons. The standard InChI is InChI=1S/C21H15FN2O2/c22-19-9-18(21(25)26)10-20(11-19)24-13-15-3-7-17(8-4-15)16-5-1-14(12-23)2-6-16/h1-11,24H,13H2,(H,25,26). The Morgan fingerprint density at radius 2 is 1.62 bits per heavy atom. The van der Waals surface area contributed by atoms with E-state index < -0.39 is 11.8 Å². The zero-order valence-electron chi connectivity index (χ0n) is 13.7. The number of halogens is 1. The van der Waals surface area contributed by atoms with E-state index in [1.165, 1.54) is 12.1 Å². The summed E-state index contributed by atoms with van der Waals surface area (Å²) in [6.07, 6.45) is 0. The molecular weight excluding hydrogens is 331 g/mol. The summed E-state index contributed by atoms with van der Waals surface area (Å²) in [5.41, 5.74) is 3.95. The smallest absolute Gasteiger partial charge is 0.335 e. The van der Waals surface area contributed by atoms with Gasteiger partial charge in [-0.05, 0) is 47.0 Å². The van der Waals surface area contributed by atoms with Gasteiger partial charge in [0.25, 0.3) is 0 Å². The number of anilines is 1. The lowest BCUT2D eigenvalue weighted by Gasteiger charge is -2.09. The Bertz CT molecular complexity index is 974. The Morgan fingerprint density at radius 1 is 1.00 bits per heavy atom. The zero-order chi connectivity index (χ0) is 18.5. The summed E-state index contributed by atoms with van der Waals surface area (Å²) in [7, 11) is 0. The molecule has 0 atom stereocenters. The summed E-state index contributed by atoms with van der Waals surface area (Å²) < 4.78 is 13.5. The van der Waals surface area contributed by atoms with Crippen LogP contribution in [-0.2, 0) is 6.54 Å². The predicted octanol–water partition coefficient (Wildman–Crippen LogP) is 4.67. The van der Waals surface area contributed by atoms with Crippen molar-refractivity contribution in [2.45, 2.75) is 6.54 Å². The maximum atomic E-state index is 13.5. The second-order valence-electron chi connectivity index (χ2n) is 5.77. The quantitative estimate of drug-likeness (QED) is 0.704. The summed E-state index contributed by atoms with van der Waals surface area (Å²) in [6, 6.07) is 20.9. The van der Waals surface area contributed by atoms with Crippen molar-refractivity contribution in [3.63, 3.8) is 0 Å². The van der Waals surface area contributed by atoms with Crippen molar-refractivity contribution in [3.8, 4) is 17.2 Å². The first-order valence-electron chi connectivity index (χ1n) is 7.92. The maximum absolute atomic E-state index is 13.5. The Labute approximate surface area is 150 Å². The summed E-state index contributed by atoms with van der Waals surface area (Å²) in [5.74, 6) is -1.76. The van der Waals surface area contributed by atoms with Crippen LogP contribution in [0, 0.1) is 17.1 Å². The number of nitriles is 1. The van der Waals surface area contributed by atoms with Crippen LogP contribution in [0.5, 0.6) is 0 Å². The van der Waals surface area contributed by atoms with E-state index in [1.807, 2.05) is 36.4 Å². The molecule has 0 heterocycles. The zero-order valence-corrected chi connectivity index (χ0v) is 13.7. The van der Waals surface area contributed by atoms with E-state index in [1.54, 1.807) is 12.1 Å². The van der Waals surface area contributed by atoms with Gasteiger partial charge in [0.05, 0.1) is 17.2 Å². The van der Waals surface area contributed by atoms with Crippen LogP contribution in [0.3, 0.4) is 0 Å². The minimum atomic E-state index is -1.17. The number of carboxylic acids is 1. The maximum Gasteiger partial charge on any atom is 0.335 e. The number of nitrogens with zero attached hydrogens (tertiary/aromatic N) is 1. The van der Waals surface area contributed by atoms with Gasteiger partial charge in [0.15, 0.2) is 0 Å². The molecule has 0 amide bonds. The van der Waals surface area contributed by atoms with Crippen molar-refractivity contribution in [2.75, 3.05) is 5.32 Å². The number of rotatable bonds is 5. The Hall–Kier alpha value is -3.65. The molecule has 5 heteroatoms. The first-order chi connectivity index (χ1) is 12.5. The van der Waals surface area contributed by atoms with E-state index in [9.17, 15) is 9.18 Å². The highest BCUT2D eigenvalue weighted by atomic mass is 19.1. The van der Waals surface area contributed by atoms with Crippen LogP contribution in [0.4, 0.5) is 10.1 Å². The van der Waals surface area contributed by atoms with Crippen molar-refractivity contribution in [1.82, 2.24) is 0 Å². The predicted molar refractivity (Wildman–Crippen MR) is 97.3 cm³/mol. The molecule has 0 fully saturated rings. The molecule has 0 bridgehead atoms. The highest BCUT2D eigenvalue weighted by Gasteiger charge is 2.07. The highest BCUT2D eigenvalue weighted by Crippen LogP contribution is 2.21. The SMILES string of the molecule is N#Cc1ccc(-c2ccc(CNc3cc(F)cc(C(=O)O)c3)cc2)cc1. The van der Waals surface area contributed by atoms with Gasteiger partial charge in [-0.3, -0.25) is 0 Å². The van der Waals surface area contributed by atoms with Crippen LogP contribution in [0.25, 0.3) is 11.1 Å². The van der Waals surface area contributed by atoms with E-state index in [0.29, 0.717) is 17.8 Å². The van der Waals surface area contributed by atoms with Gasteiger partial charge >= 0.3 is 5.97 Å². The molecule has 0 radical (unpaired) electrons. The molecule has 3 aromatic carbocycles. The van der Waals surface area contributed by atoms with Gasteiger partial charge in [0, 0.05) is 12.2 Å². The van der Waals surface area contributed by atoms with Gasteiger partial charge in [-0.2, -0.15) is 5.26 Å². The molecule has 26 heavy (non-hydrogen) atoms. The molecule has 0 aliphatic carbocycles. The molecule has 0 unspecified atom stereocenters. The third-order valence-corrected chi connectivity index (χ3v) is 3.94. The largest absolute Gasteiger partial charge is 0.478 e. The first-order valence-corrected chi connectivity index (χ1v) is 7.92. The number of benzene rings is 3. The van der Waals surface area contributed by atoms with Gasteiger partial charge in [-0.25, -0.2) is 9.18 Å². The molecule has 0 aliphatic heterocycles. The summed E-state index contributed by atoms with van der Waals surface area (Å²) in [4.78, 5) is 11.0. The molecule has 0 spiro atoms. The van der Waals surface area contributed by atoms with Crippen LogP contribution in [-0.4, -0.2) is 11.1 Å². The molecule has 0 aromatic heterocycles. The van der Waals surface area contributed by atoms with Crippen LogP contribution >= 0.6 is 0 Å². The van der Waals surface area contributed by atoms with Gasteiger partial charge in [-0.15, -0.1) is 0 Å². The molecule has 0 aliphatic rings. The van der Waals surface area contributed by atoms with E-state index in [0.717, 1.165) is 22.8 Å². The van der Waals surface area contributed by atoms with E-state index >= 15 is 0 Å². The molecule has 3 rings (SSSR count). The summed E-state index contributed by atoms with van der Waals surface area (Å²) in [5, 5.41) is 20.9. The fourth-order valence-electron chi connectivity index (χ4n) is 2.57. The lowest BCUT2D eigenvalue weighted by atomic mass is 10.0. The number of aromatic carboxylic acids is 1. The minimum Gasteiger partial charge on any atom is -0.478 e. The van der Waals surface area contributed by atoms with Gasteiger partial charge in [0.1, 0.15) is 5.82 Å². The van der Waals surface area contributed by atoms with Crippen molar-refractivity contribution >= 4 is 11.7 Å². The van der Waals surface area contributed by atoms with E-state index in [4.69, 9.17) is 10.4 Å². The second-order valence-corrected chi connectivity index (χ2v) is 5.77. The lowest BCUT2D eigenvalue weighted by molar-refractivity contribution is 0.0696. The monoisotopic (exact) mass is 346 g/mol. The topological polar surface area (TPSA) is 73.1 Å². The highest BCUT2D eigenvalue weighted by molar-refractivity contribution is 5.88. The first kappa shape index (κ1) is 17.2. The van der Waals surface area contributed by atoms with Gasteiger partial charge in [-0.1, -0.05) is 36.4 Å². The average molecular weight is 346 g/mol.